The van der Waals surface area contributed by atoms with Crippen LogP contribution in [0.25, 0.3) is 0 Å². The number of carboxylic acids is 1. The zero-order chi connectivity index (χ0) is 7.28. The molecule has 3 N–H and O–H groups in total. The van der Waals surface area contributed by atoms with Crippen molar-refractivity contribution in [3.63, 3.8) is 0 Å². The second-order valence-electron chi connectivity index (χ2n) is 1.73. The van der Waals surface area contributed by atoms with Crippen LogP contribution < -0.4 is 5.73 Å². The summed E-state index contributed by atoms with van der Waals surface area (Å²) in [5, 5.41) is 8.27. The Labute approximate surface area is 77.5 Å². The van der Waals surface area contributed by atoms with Gasteiger partial charge in [0.15, 0.2) is 0 Å². The Morgan fingerprint density at radius 2 is 2.30 bits per heavy atom. The number of hydrogen-bond acceptors (Lipinski definition) is 3. The van der Waals surface area contributed by atoms with Crippen LogP contribution in [0.2, 0.25) is 0 Å². The van der Waals surface area contributed by atoms with Crippen molar-refractivity contribution in [3.05, 3.63) is 0 Å². The van der Waals surface area contributed by atoms with E-state index in [1.165, 1.54) is 0 Å². The van der Waals surface area contributed by atoms with E-state index in [0.29, 0.717) is 6.42 Å². The first kappa shape index (κ1) is 13.0. The van der Waals surface area contributed by atoms with Crippen LogP contribution in [0.5, 0.6) is 0 Å². The van der Waals surface area contributed by atoms with Gasteiger partial charge in [0.05, 0.1) is 0 Å². The molecule has 0 fully saturated rings. The minimum absolute atomic E-state index is 0. The summed E-state index contributed by atoms with van der Waals surface area (Å²) in [6.45, 7) is 0. The van der Waals surface area contributed by atoms with Gasteiger partial charge in [-0.2, -0.15) is 11.8 Å². The molecule has 5 heteroatoms. The Balaban J connectivity index is 0. The Kier molecular flexibility index (Phi) is 9.78. The number of rotatable bonds is 4. The molecule has 0 aliphatic carbocycles. The van der Waals surface area contributed by atoms with Crippen LogP contribution >= 0.6 is 11.8 Å². The first-order valence-corrected chi connectivity index (χ1v) is 4.05. The maximum absolute atomic E-state index is 10.1. The fourth-order valence-electron chi connectivity index (χ4n) is 0.368. The van der Waals surface area contributed by atoms with E-state index in [2.05, 4.69) is 0 Å². The monoisotopic (exact) mass is 213 g/mol. The number of carbonyl (C=O) groups is 1. The molecule has 0 unspecified atom stereocenters. The molecule has 0 heterocycles. The molecule has 0 spiro atoms. The number of thioether (sulfide) groups is 1. The first-order valence-electron chi connectivity index (χ1n) is 2.65. The third-order valence-electron chi connectivity index (χ3n) is 0.950. The van der Waals surface area contributed by atoms with E-state index in [1.54, 1.807) is 11.8 Å². The zero-order valence-electron chi connectivity index (χ0n) is 6.04. The molecule has 0 saturated carbocycles. The van der Waals surface area contributed by atoms with Gasteiger partial charge in [0.1, 0.15) is 6.04 Å². The molecule has 0 aliphatic heterocycles. The third kappa shape index (κ3) is 6.52. The van der Waals surface area contributed by atoms with Gasteiger partial charge >= 0.3 is 5.97 Å². The number of carboxylic acid groups (broad SMARTS) is 1. The average Bonchev–Trinajstić information content (AvgIpc) is 1.82. The number of nitrogens with two attached hydrogens (primary N) is 1. The molecular weight excluding hydrogens is 204 g/mol. The largest absolute Gasteiger partial charge is 0.480 e. The summed E-state index contributed by atoms with van der Waals surface area (Å²) in [6, 6.07) is -0.683. The summed E-state index contributed by atoms with van der Waals surface area (Å²) in [4.78, 5) is 10.1. The summed E-state index contributed by atoms with van der Waals surface area (Å²) in [6.07, 6.45) is 2.48. The standard InChI is InChI=1S/C5H11NO2S.Zn/c1-9-3-2-4(6)5(7)8;/h4H,2-3,6H2,1H3,(H,7,8);/t4-;/m0./s1. The van der Waals surface area contributed by atoms with E-state index in [-0.39, 0.29) is 19.5 Å². The molecule has 56 valence electrons. The van der Waals surface area contributed by atoms with Gasteiger partial charge < -0.3 is 10.8 Å². The van der Waals surface area contributed by atoms with E-state index in [9.17, 15) is 4.79 Å². The minimum atomic E-state index is -0.913. The molecule has 0 aromatic rings. The van der Waals surface area contributed by atoms with Crippen LogP contribution in [-0.4, -0.2) is 29.1 Å². The predicted octanol–water partition coefficient (Wildman–Crippen LogP) is 0.149. The van der Waals surface area contributed by atoms with Crippen LogP contribution in [0.15, 0.2) is 0 Å². The molecule has 0 bridgehead atoms. The van der Waals surface area contributed by atoms with Crippen LogP contribution in [-0.2, 0) is 24.3 Å². The van der Waals surface area contributed by atoms with Gasteiger partial charge in [-0.3, -0.25) is 4.79 Å². The molecule has 0 amide bonds. The average molecular weight is 215 g/mol. The van der Waals surface area contributed by atoms with Gasteiger partial charge in [0, 0.05) is 19.5 Å². The molecule has 3 nitrogen and oxygen atoms in total. The van der Waals surface area contributed by atoms with Gasteiger partial charge in [0.2, 0.25) is 0 Å². The SMILES string of the molecule is CSCC[C@H](N)C(=O)O.[Zn]. The van der Waals surface area contributed by atoms with Crippen LogP contribution in [0, 0.1) is 0 Å². The summed E-state index contributed by atoms with van der Waals surface area (Å²) in [7, 11) is 0. The molecule has 0 aliphatic rings. The van der Waals surface area contributed by atoms with Crippen molar-refractivity contribution in [1.82, 2.24) is 0 Å². The first-order chi connectivity index (χ1) is 4.18. The molecule has 0 aromatic heterocycles. The Bertz CT molecular complexity index is 102. The maximum atomic E-state index is 10.1. The molecule has 0 saturated heterocycles. The normalized spacial score (nSPS) is 11.8. The Morgan fingerprint density at radius 1 is 1.80 bits per heavy atom. The van der Waals surface area contributed by atoms with Crippen molar-refractivity contribution in [2.24, 2.45) is 5.73 Å². The summed E-state index contributed by atoms with van der Waals surface area (Å²) in [5.74, 6) is -0.1000. The van der Waals surface area contributed by atoms with Crippen LogP contribution in [0.4, 0.5) is 0 Å². The molecule has 0 radical (unpaired) electrons. The number of hydrogen-bond donors (Lipinski definition) is 2. The van der Waals surface area contributed by atoms with Crippen molar-refractivity contribution < 1.29 is 29.4 Å². The second kappa shape index (κ2) is 7.51. The van der Waals surface area contributed by atoms with Crippen molar-refractivity contribution >= 4 is 17.7 Å². The van der Waals surface area contributed by atoms with E-state index in [1.807, 2.05) is 6.26 Å². The predicted molar refractivity (Wildman–Crippen MR) is 38.6 cm³/mol. The summed E-state index contributed by atoms with van der Waals surface area (Å²) < 4.78 is 0. The molecular formula is C5H11NO2SZn. The van der Waals surface area contributed by atoms with Gasteiger partial charge in [-0.15, -0.1) is 0 Å². The van der Waals surface area contributed by atoms with E-state index < -0.39 is 12.0 Å². The van der Waals surface area contributed by atoms with Crippen LogP contribution in [0.3, 0.4) is 0 Å². The van der Waals surface area contributed by atoms with Crippen LogP contribution in [0.1, 0.15) is 6.42 Å². The van der Waals surface area contributed by atoms with Crippen molar-refractivity contribution in [2.75, 3.05) is 12.0 Å². The fraction of sp³-hybridized carbons (Fsp3) is 0.800. The topological polar surface area (TPSA) is 63.3 Å². The van der Waals surface area contributed by atoms with Gasteiger partial charge in [-0.05, 0) is 18.4 Å². The van der Waals surface area contributed by atoms with E-state index >= 15 is 0 Å². The minimum Gasteiger partial charge on any atom is -0.480 e. The quantitative estimate of drug-likeness (QED) is 0.654. The Morgan fingerprint density at radius 3 is 2.60 bits per heavy atom. The second-order valence-corrected chi connectivity index (χ2v) is 2.71. The van der Waals surface area contributed by atoms with Gasteiger partial charge in [0.25, 0.3) is 0 Å². The molecule has 0 aromatic carbocycles. The summed E-state index contributed by atoms with van der Waals surface area (Å²) >= 11 is 1.60. The van der Waals surface area contributed by atoms with Crippen molar-refractivity contribution in [1.29, 1.82) is 0 Å². The zero-order valence-corrected chi connectivity index (χ0v) is 9.82. The number of aliphatic carboxylic acids is 1. The van der Waals surface area contributed by atoms with E-state index in [0.717, 1.165) is 5.75 Å². The van der Waals surface area contributed by atoms with Gasteiger partial charge in [-0.1, -0.05) is 0 Å². The van der Waals surface area contributed by atoms with Crippen molar-refractivity contribution in [3.8, 4) is 0 Å². The molecule has 10 heavy (non-hydrogen) atoms. The third-order valence-corrected chi connectivity index (χ3v) is 1.59. The summed E-state index contributed by atoms with van der Waals surface area (Å²) in [5.41, 5.74) is 5.19. The van der Waals surface area contributed by atoms with E-state index in [4.69, 9.17) is 10.8 Å². The smallest absolute Gasteiger partial charge is 0.320 e. The van der Waals surface area contributed by atoms with Gasteiger partial charge in [-0.25, -0.2) is 0 Å². The molecule has 0 rings (SSSR count). The molecule has 1 atom stereocenters. The van der Waals surface area contributed by atoms with Crippen molar-refractivity contribution in [2.45, 2.75) is 12.5 Å². The Hall–Kier alpha value is 0.403. The fourth-order valence-corrected chi connectivity index (χ4v) is 0.858. The maximum Gasteiger partial charge on any atom is 0.320 e.